The first-order chi connectivity index (χ1) is 36.6. The largest absolute Gasteiger partial charge is 4.00 e. The molecule has 0 radical (unpaired) electrons. The minimum Gasteiger partial charge on any atom is -0.509 e. The van der Waals surface area contributed by atoms with Crippen molar-refractivity contribution in [2.24, 2.45) is 0 Å². The molecule has 1 aliphatic rings. The van der Waals surface area contributed by atoms with Gasteiger partial charge in [0.1, 0.15) is 5.82 Å². The van der Waals surface area contributed by atoms with Crippen molar-refractivity contribution in [2.45, 2.75) is 117 Å². The minimum atomic E-state index is -0.306. The van der Waals surface area contributed by atoms with Crippen LogP contribution in [0.1, 0.15) is 129 Å². The van der Waals surface area contributed by atoms with Crippen LogP contribution < -0.4 is 14.5 Å². The summed E-state index contributed by atoms with van der Waals surface area (Å²) in [4.78, 5) is 9.68. The first kappa shape index (κ1) is 56.5. The first-order valence-electron chi connectivity index (χ1n) is 27.2. The Bertz CT molecular complexity index is 3750. The molecule has 1 aliphatic heterocycles. The van der Waals surface area contributed by atoms with Gasteiger partial charge in [-0.15, -0.1) is 53.6 Å². The molecule has 0 bridgehead atoms. The van der Waals surface area contributed by atoms with Gasteiger partial charge in [-0.3, -0.25) is 0 Å². The van der Waals surface area contributed by atoms with Gasteiger partial charge in [0, 0.05) is 51.1 Å². The fourth-order valence-corrected chi connectivity index (χ4v) is 11.2. The van der Waals surface area contributed by atoms with Crippen molar-refractivity contribution >= 4 is 44.6 Å². The normalized spacial score (nSPS) is 13.1. The Balaban J connectivity index is 0.00000378. The van der Waals surface area contributed by atoms with E-state index in [4.69, 9.17) is 9.72 Å². The molecule has 0 atom stereocenters. The molecule has 0 N–H and O–H groups in total. The van der Waals surface area contributed by atoms with Crippen LogP contribution in [0.3, 0.4) is 0 Å². The number of pyridine rings is 1. The Hall–Kier alpha value is -7.20. The summed E-state index contributed by atoms with van der Waals surface area (Å²) in [7, 11) is 0. The van der Waals surface area contributed by atoms with Crippen LogP contribution in [0.5, 0.6) is 11.5 Å². The molecule has 0 saturated heterocycles. The molecule has 8 aromatic carbocycles. The number of para-hydroxylation sites is 1. The molecule has 0 amide bonds. The monoisotopic (exact) mass is 1220 g/mol. The van der Waals surface area contributed by atoms with Crippen molar-refractivity contribution in [3.63, 3.8) is 0 Å². The van der Waals surface area contributed by atoms with Gasteiger partial charge in [-0.05, 0) is 109 Å². The number of hydrogen-bond donors (Lipinski definition) is 0. The number of aromatic nitrogens is 2. The van der Waals surface area contributed by atoms with E-state index in [9.17, 15) is 0 Å². The van der Waals surface area contributed by atoms with E-state index in [0.29, 0.717) is 11.5 Å². The van der Waals surface area contributed by atoms with Gasteiger partial charge < -0.3 is 26.5 Å². The fraction of sp³-hybridized carbons (Fsp3) is 0.247. The molecule has 0 spiro atoms. The van der Waals surface area contributed by atoms with E-state index < -0.39 is 0 Å². The van der Waals surface area contributed by atoms with Crippen molar-refractivity contribution in [2.75, 3.05) is 9.80 Å². The molecular formula is C73H74N4OPt. The zero-order valence-electron chi connectivity index (χ0n) is 48.5. The molecule has 3 heterocycles. The quantitative estimate of drug-likeness (QED) is 0.128. The predicted molar refractivity (Wildman–Crippen MR) is 329 cm³/mol. The van der Waals surface area contributed by atoms with Crippen molar-refractivity contribution < 1.29 is 25.8 Å². The van der Waals surface area contributed by atoms with E-state index in [1.807, 2.05) is 12.3 Å². The third-order valence-corrected chi connectivity index (χ3v) is 15.9. The van der Waals surface area contributed by atoms with Crippen molar-refractivity contribution in [1.29, 1.82) is 0 Å². The van der Waals surface area contributed by atoms with Crippen LogP contribution in [0.15, 0.2) is 188 Å². The topological polar surface area (TPSA) is 33.5 Å². The van der Waals surface area contributed by atoms with Gasteiger partial charge in [-0.2, -0.15) is 6.07 Å². The van der Waals surface area contributed by atoms with Crippen LogP contribution in [0.2, 0.25) is 0 Å². The van der Waals surface area contributed by atoms with Crippen LogP contribution in [0.4, 0.5) is 22.7 Å². The molecule has 0 fully saturated rings. The van der Waals surface area contributed by atoms with Gasteiger partial charge in [-0.1, -0.05) is 211 Å². The molecule has 402 valence electrons. The van der Waals surface area contributed by atoms with Crippen molar-refractivity contribution in [1.82, 2.24) is 9.55 Å². The summed E-state index contributed by atoms with van der Waals surface area (Å²) in [6.07, 6.45) is 1.91. The third kappa shape index (κ3) is 10.7. The maximum absolute atomic E-state index is 7.05. The molecule has 5 nitrogen and oxygen atoms in total. The van der Waals surface area contributed by atoms with Gasteiger partial charge in [0.25, 0.3) is 0 Å². The van der Waals surface area contributed by atoms with Gasteiger partial charge in [-0.25, -0.2) is 4.98 Å². The number of benzene rings is 8. The zero-order chi connectivity index (χ0) is 54.2. The molecule has 0 saturated carbocycles. The Morgan fingerprint density at radius 3 is 1.56 bits per heavy atom. The van der Waals surface area contributed by atoms with Crippen LogP contribution in [0, 0.1) is 26.2 Å². The van der Waals surface area contributed by atoms with E-state index >= 15 is 0 Å². The molecule has 0 aliphatic carbocycles. The third-order valence-electron chi connectivity index (χ3n) is 15.9. The van der Waals surface area contributed by atoms with E-state index in [0.717, 1.165) is 61.5 Å². The summed E-state index contributed by atoms with van der Waals surface area (Å²) in [5.74, 6) is 2.02. The number of fused-ring (bicyclic) bond motifs is 4. The van der Waals surface area contributed by atoms with E-state index in [-0.39, 0.29) is 55.6 Å². The Morgan fingerprint density at radius 1 is 0.443 bits per heavy atom. The van der Waals surface area contributed by atoms with Crippen LogP contribution in [0.25, 0.3) is 38.8 Å². The number of ether oxygens (including phenoxy) is 1. The summed E-state index contributed by atoms with van der Waals surface area (Å²) < 4.78 is 9.26. The van der Waals surface area contributed by atoms with Crippen LogP contribution in [-0.4, -0.2) is 9.55 Å². The Morgan fingerprint density at radius 2 is 0.987 bits per heavy atom. The van der Waals surface area contributed by atoms with Gasteiger partial charge >= 0.3 is 21.1 Å². The second kappa shape index (κ2) is 21.1. The standard InChI is InChI=1S/C72H71N4O.CH3.Pt/c1-68(2,3)52-35-36-73-67(42-52)76-63-32-24-23-31-59(63)60-34-33-57(44-64(60)76)77-58-38-49(48-25-17-14-18-26-48)37-55(43-58)74-47-75(66-46-62(70(7,8)9)61(45-65(66)74)69(4,5)6)56-40-53(71(10,11)50-27-19-15-20-28-50)39-54(41-56)72(12,13)51-29-21-16-22-30-51;;/h14-42,45-47H,1-13H3;1H3;/q-3;-1;+4. The summed E-state index contributed by atoms with van der Waals surface area (Å²) in [6.45, 7) is 32.4. The zero-order valence-corrected chi connectivity index (χ0v) is 50.8. The minimum absolute atomic E-state index is 0. The predicted octanol–water partition coefficient (Wildman–Crippen LogP) is 19.6. The number of rotatable bonds is 10. The SMILES string of the molecule is CC(C)(C)c1ccnc(-n2c3[c-]c(Oc4[c-]c(N5[CH-]N(c6cc(C(C)(C)c7ccccc7)cc(C(C)(C)c7ccccc7)c6)c6cc(C(C)(C)C)c(C(C)(C)C)cc65)cc(-c5ccccc5)c4)ccc3c3ccccc32)c1.[CH3-].[Pt+4]. The van der Waals surface area contributed by atoms with Crippen molar-refractivity contribution in [3.8, 4) is 28.4 Å². The molecule has 0 unspecified atom stereocenters. The molecule has 6 heteroatoms. The van der Waals surface area contributed by atoms with Crippen LogP contribution in [-0.2, 0) is 48.1 Å². The summed E-state index contributed by atoms with van der Waals surface area (Å²) >= 11 is 0. The second-order valence-corrected chi connectivity index (χ2v) is 25.2. The first-order valence-corrected chi connectivity index (χ1v) is 27.2. The average Bonchev–Trinajstić information content (AvgIpc) is 4.02. The van der Waals surface area contributed by atoms with Gasteiger partial charge in [0.05, 0.1) is 0 Å². The smallest absolute Gasteiger partial charge is 0.509 e. The second-order valence-electron chi connectivity index (χ2n) is 25.2. The number of hydrogen-bond acceptors (Lipinski definition) is 4. The molecule has 79 heavy (non-hydrogen) atoms. The summed E-state index contributed by atoms with van der Waals surface area (Å²) in [6, 6.07) is 73.5. The Labute approximate surface area is 485 Å². The summed E-state index contributed by atoms with van der Waals surface area (Å²) in [5.41, 5.74) is 16.1. The van der Waals surface area contributed by atoms with E-state index in [1.165, 1.54) is 38.9 Å². The molecular weight excluding hydrogens is 1140 g/mol. The van der Waals surface area contributed by atoms with Gasteiger partial charge in [0.15, 0.2) is 0 Å². The van der Waals surface area contributed by atoms with Crippen molar-refractivity contribution in [3.05, 3.63) is 253 Å². The molecule has 2 aromatic heterocycles. The summed E-state index contributed by atoms with van der Waals surface area (Å²) in [5, 5.41) is 2.22. The molecule has 10 aromatic rings. The maximum Gasteiger partial charge on any atom is 4.00 e. The number of nitrogens with zero attached hydrogens (tertiary/aromatic N) is 4. The Kier molecular flexibility index (Phi) is 15.1. The van der Waals surface area contributed by atoms with Gasteiger partial charge in [0.2, 0.25) is 0 Å². The van der Waals surface area contributed by atoms with E-state index in [2.05, 4.69) is 299 Å². The fourth-order valence-electron chi connectivity index (χ4n) is 11.2. The molecule has 11 rings (SSSR count). The average molecular weight is 1220 g/mol. The van der Waals surface area contributed by atoms with Crippen LogP contribution >= 0.6 is 0 Å². The maximum atomic E-state index is 7.05. The number of anilines is 4. The van der Waals surface area contributed by atoms with E-state index in [1.54, 1.807) is 0 Å².